The number of amides is 1. The van der Waals surface area contributed by atoms with Crippen LogP contribution in [0.5, 0.6) is 0 Å². The van der Waals surface area contributed by atoms with Crippen LogP contribution in [0.4, 0.5) is 14.5 Å². The molecule has 19 heavy (non-hydrogen) atoms. The van der Waals surface area contributed by atoms with E-state index in [1.165, 1.54) is 20.1 Å². The Morgan fingerprint density at radius 1 is 1.37 bits per heavy atom. The molecule has 0 spiro atoms. The summed E-state index contributed by atoms with van der Waals surface area (Å²) in [5.41, 5.74) is 0.0284. The summed E-state index contributed by atoms with van der Waals surface area (Å²) in [7, 11) is 1.18. The predicted molar refractivity (Wildman–Crippen MR) is 64.5 cm³/mol. The van der Waals surface area contributed by atoms with Gasteiger partial charge in [0.2, 0.25) is 5.91 Å². The molecule has 0 aliphatic carbocycles. The number of carbonyl (C=O) groups is 2. The molecule has 0 aromatic heterocycles. The van der Waals surface area contributed by atoms with Crippen LogP contribution in [-0.4, -0.2) is 31.6 Å². The molecule has 0 fully saturated rings. The molecule has 1 aromatic carbocycles. The Kier molecular flexibility index (Phi) is 5.23. The van der Waals surface area contributed by atoms with Gasteiger partial charge in [-0.3, -0.25) is 4.79 Å². The molecule has 7 heteroatoms. The van der Waals surface area contributed by atoms with E-state index in [4.69, 9.17) is 0 Å². The fourth-order valence-corrected chi connectivity index (χ4v) is 1.43. The Morgan fingerprint density at radius 2 is 2.05 bits per heavy atom. The molecule has 0 bridgehead atoms. The Labute approximate surface area is 108 Å². The Bertz CT molecular complexity index is 480. The van der Waals surface area contributed by atoms with Crippen molar-refractivity contribution in [2.45, 2.75) is 13.0 Å². The summed E-state index contributed by atoms with van der Waals surface area (Å²) in [5.74, 6) is -2.57. The van der Waals surface area contributed by atoms with Gasteiger partial charge in [-0.2, -0.15) is 0 Å². The zero-order valence-electron chi connectivity index (χ0n) is 10.5. The van der Waals surface area contributed by atoms with Gasteiger partial charge >= 0.3 is 5.97 Å². The summed E-state index contributed by atoms with van der Waals surface area (Å²) in [6.07, 6.45) is 0. The maximum Gasteiger partial charge on any atom is 0.330 e. The molecule has 5 nitrogen and oxygen atoms in total. The van der Waals surface area contributed by atoms with Crippen molar-refractivity contribution in [3.63, 3.8) is 0 Å². The lowest BCUT2D eigenvalue weighted by molar-refractivity contribution is -0.144. The van der Waals surface area contributed by atoms with Gasteiger partial charge in [0.25, 0.3) is 0 Å². The summed E-state index contributed by atoms with van der Waals surface area (Å²) in [5, 5.41) is 4.96. The number of rotatable bonds is 5. The van der Waals surface area contributed by atoms with Crippen molar-refractivity contribution in [3.05, 3.63) is 29.8 Å². The lowest BCUT2D eigenvalue weighted by Gasteiger charge is -2.17. The largest absolute Gasteiger partial charge is 0.467 e. The van der Waals surface area contributed by atoms with Gasteiger partial charge in [-0.05, 0) is 12.1 Å². The highest BCUT2D eigenvalue weighted by Crippen LogP contribution is 2.14. The fraction of sp³-hybridized carbons (Fsp3) is 0.333. The van der Waals surface area contributed by atoms with Crippen molar-refractivity contribution in [1.29, 1.82) is 0 Å². The molecule has 0 heterocycles. The number of methoxy groups -OCH3 is 1. The van der Waals surface area contributed by atoms with Crippen LogP contribution in [0.25, 0.3) is 0 Å². The fourth-order valence-electron chi connectivity index (χ4n) is 1.43. The number of halogens is 2. The van der Waals surface area contributed by atoms with Crippen molar-refractivity contribution in [2.75, 3.05) is 19.0 Å². The van der Waals surface area contributed by atoms with Crippen molar-refractivity contribution in [3.8, 4) is 0 Å². The molecule has 1 rings (SSSR count). The average molecular weight is 272 g/mol. The second-order valence-electron chi connectivity index (χ2n) is 3.78. The van der Waals surface area contributed by atoms with E-state index < -0.39 is 29.6 Å². The summed E-state index contributed by atoms with van der Waals surface area (Å²) in [4.78, 5) is 22.3. The maximum absolute atomic E-state index is 13.3. The van der Waals surface area contributed by atoms with Crippen LogP contribution in [-0.2, 0) is 14.3 Å². The van der Waals surface area contributed by atoms with Crippen LogP contribution in [0.2, 0.25) is 0 Å². The van der Waals surface area contributed by atoms with Gasteiger partial charge in [0.05, 0.1) is 12.8 Å². The van der Waals surface area contributed by atoms with Gasteiger partial charge in [0, 0.05) is 19.5 Å². The van der Waals surface area contributed by atoms with Crippen LogP contribution in [0, 0.1) is 11.6 Å². The third-order valence-corrected chi connectivity index (χ3v) is 2.29. The molecule has 0 aliphatic rings. The van der Waals surface area contributed by atoms with Crippen LogP contribution in [0.3, 0.4) is 0 Å². The topological polar surface area (TPSA) is 67.4 Å². The summed E-state index contributed by atoms with van der Waals surface area (Å²) >= 11 is 0. The number of hydrogen-bond acceptors (Lipinski definition) is 4. The molecular weight excluding hydrogens is 258 g/mol. The molecule has 0 saturated carbocycles. The molecule has 0 aliphatic heterocycles. The number of nitrogens with one attached hydrogen (secondary N) is 2. The summed E-state index contributed by atoms with van der Waals surface area (Å²) < 4.78 is 30.5. The van der Waals surface area contributed by atoms with Crippen molar-refractivity contribution in [2.24, 2.45) is 0 Å². The SMILES string of the molecule is COC(=O)C(CNc1ccc(F)cc1F)NC(C)=O. The van der Waals surface area contributed by atoms with Gasteiger partial charge in [0.1, 0.15) is 17.7 Å². The van der Waals surface area contributed by atoms with Gasteiger partial charge in [-0.15, -0.1) is 0 Å². The first-order valence-corrected chi connectivity index (χ1v) is 5.48. The lowest BCUT2D eigenvalue weighted by Crippen LogP contribution is -2.45. The molecule has 0 radical (unpaired) electrons. The van der Waals surface area contributed by atoms with Crippen LogP contribution >= 0.6 is 0 Å². The lowest BCUT2D eigenvalue weighted by atomic mass is 10.2. The number of ether oxygens (including phenoxy) is 1. The summed E-state index contributed by atoms with van der Waals surface area (Å²) in [6, 6.07) is 2.05. The normalized spacial score (nSPS) is 11.6. The van der Waals surface area contributed by atoms with E-state index in [1.807, 2.05) is 0 Å². The second-order valence-corrected chi connectivity index (χ2v) is 3.78. The molecule has 2 N–H and O–H groups in total. The molecule has 1 aromatic rings. The van der Waals surface area contributed by atoms with E-state index >= 15 is 0 Å². The maximum atomic E-state index is 13.3. The van der Waals surface area contributed by atoms with E-state index in [0.717, 1.165) is 6.07 Å². The number of anilines is 1. The smallest absolute Gasteiger partial charge is 0.330 e. The number of esters is 1. The third-order valence-electron chi connectivity index (χ3n) is 2.29. The van der Waals surface area contributed by atoms with Gasteiger partial charge in [-0.1, -0.05) is 0 Å². The van der Waals surface area contributed by atoms with E-state index in [0.29, 0.717) is 6.07 Å². The quantitative estimate of drug-likeness (QED) is 0.786. The molecule has 1 unspecified atom stereocenters. The monoisotopic (exact) mass is 272 g/mol. The molecule has 1 amide bonds. The van der Waals surface area contributed by atoms with E-state index in [1.54, 1.807) is 0 Å². The zero-order valence-corrected chi connectivity index (χ0v) is 10.5. The molecule has 0 saturated heterocycles. The predicted octanol–water partition coefficient (Wildman–Crippen LogP) is 1.05. The third kappa shape index (κ3) is 4.53. The standard InChI is InChI=1S/C12H14F2N2O3/c1-7(17)16-11(12(18)19-2)6-15-10-4-3-8(13)5-9(10)14/h3-5,11,15H,6H2,1-2H3,(H,16,17). The first-order valence-electron chi connectivity index (χ1n) is 5.48. The summed E-state index contributed by atoms with van der Waals surface area (Å²) in [6.45, 7) is 1.17. The van der Waals surface area contributed by atoms with Gasteiger partial charge in [-0.25, -0.2) is 13.6 Å². The highest BCUT2D eigenvalue weighted by Gasteiger charge is 2.20. The second kappa shape index (κ2) is 6.67. The van der Waals surface area contributed by atoms with Crippen LogP contribution < -0.4 is 10.6 Å². The van der Waals surface area contributed by atoms with Gasteiger partial charge < -0.3 is 15.4 Å². The minimum atomic E-state index is -0.952. The average Bonchev–Trinajstić information content (AvgIpc) is 2.34. The van der Waals surface area contributed by atoms with E-state index in [2.05, 4.69) is 15.4 Å². The highest BCUT2D eigenvalue weighted by molar-refractivity contribution is 5.83. The molecule has 104 valence electrons. The van der Waals surface area contributed by atoms with Crippen molar-refractivity contribution >= 4 is 17.6 Å². The number of hydrogen-bond donors (Lipinski definition) is 2. The van der Waals surface area contributed by atoms with Crippen molar-refractivity contribution in [1.82, 2.24) is 5.32 Å². The Hall–Kier alpha value is -2.18. The minimum Gasteiger partial charge on any atom is -0.467 e. The molecular formula is C12H14F2N2O3. The van der Waals surface area contributed by atoms with Gasteiger partial charge in [0.15, 0.2) is 0 Å². The van der Waals surface area contributed by atoms with Crippen molar-refractivity contribution < 1.29 is 23.1 Å². The number of carbonyl (C=O) groups excluding carboxylic acids is 2. The minimum absolute atomic E-state index is 0.0284. The van der Waals surface area contributed by atoms with Crippen LogP contribution in [0.15, 0.2) is 18.2 Å². The van der Waals surface area contributed by atoms with Crippen LogP contribution in [0.1, 0.15) is 6.92 Å². The van der Waals surface area contributed by atoms with E-state index in [-0.39, 0.29) is 12.2 Å². The Morgan fingerprint density at radius 3 is 2.58 bits per heavy atom. The first-order chi connectivity index (χ1) is 8.93. The number of benzene rings is 1. The van der Waals surface area contributed by atoms with E-state index in [9.17, 15) is 18.4 Å². The molecule has 1 atom stereocenters. The first kappa shape index (κ1) is 14.9. The Balaban J connectivity index is 2.70. The zero-order chi connectivity index (χ0) is 14.4. The highest BCUT2D eigenvalue weighted by atomic mass is 19.1.